The van der Waals surface area contributed by atoms with Crippen LogP contribution >= 0.6 is 11.3 Å². The van der Waals surface area contributed by atoms with Crippen LogP contribution in [0.5, 0.6) is 0 Å². The maximum atomic E-state index is 10.3. The molecular formula is C20H17N3S. The van der Waals surface area contributed by atoms with Crippen LogP contribution < -0.4 is 4.90 Å². The molecule has 2 aliphatic rings. The number of anilines is 1. The SMILES string of the molecule is N#C[C@]1(c2nc3ccccc3s2)Cc2ccccc2N2CCC[C@@H]21. The molecule has 0 amide bonds. The standard InChI is InChI=1S/C20H17N3S/c21-13-20(19-22-15-7-2-4-9-17(15)24-19)12-14-6-1-3-8-16(14)23-11-5-10-18(20)23/h1-4,6-9,18H,5,10-12H2/t18-,20-/m1/s1. The zero-order valence-electron chi connectivity index (χ0n) is 13.3. The third kappa shape index (κ3) is 1.79. The molecule has 0 bridgehead atoms. The summed E-state index contributed by atoms with van der Waals surface area (Å²) < 4.78 is 1.17. The number of para-hydroxylation sites is 2. The fourth-order valence-corrected chi connectivity index (χ4v) is 5.52. The van der Waals surface area contributed by atoms with Gasteiger partial charge in [0, 0.05) is 18.7 Å². The van der Waals surface area contributed by atoms with Gasteiger partial charge >= 0.3 is 0 Å². The minimum atomic E-state index is -0.533. The first kappa shape index (κ1) is 14.0. The van der Waals surface area contributed by atoms with E-state index in [9.17, 15) is 5.26 Å². The quantitative estimate of drug-likeness (QED) is 0.668. The summed E-state index contributed by atoms with van der Waals surface area (Å²) in [5, 5.41) is 11.3. The summed E-state index contributed by atoms with van der Waals surface area (Å²) in [6.07, 6.45) is 2.98. The maximum Gasteiger partial charge on any atom is 0.133 e. The van der Waals surface area contributed by atoms with E-state index in [0.29, 0.717) is 0 Å². The van der Waals surface area contributed by atoms with E-state index in [-0.39, 0.29) is 6.04 Å². The number of aromatic nitrogens is 1. The molecule has 2 aromatic carbocycles. The van der Waals surface area contributed by atoms with Gasteiger partial charge in [-0.05, 0) is 36.6 Å². The molecule has 3 nitrogen and oxygen atoms in total. The number of hydrogen-bond donors (Lipinski definition) is 0. The molecule has 1 fully saturated rings. The lowest BCUT2D eigenvalue weighted by Gasteiger charge is -2.43. The Morgan fingerprint density at radius 1 is 1.17 bits per heavy atom. The van der Waals surface area contributed by atoms with Gasteiger partial charge in [-0.3, -0.25) is 0 Å². The van der Waals surface area contributed by atoms with E-state index < -0.39 is 5.41 Å². The molecule has 2 atom stereocenters. The summed E-state index contributed by atoms with van der Waals surface area (Å²) in [6.45, 7) is 1.04. The Bertz CT molecular complexity index is 937. The molecule has 3 heterocycles. The molecule has 2 aliphatic heterocycles. The van der Waals surface area contributed by atoms with Crippen molar-refractivity contribution in [3.8, 4) is 6.07 Å². The molecule has 0 N–H and O–H groups in total. The van der Waals surface area contributed by atoms with Crippen LogP contribution in [0.3, 0.4) is 0 Å². The predicted molar refractivity (Wildman–Crippen MR) is 97.4 cm³/mol. The van der Waals surface area contributed by atoms with Crippen molar-refractivity contribution in [1.29, 1.82) is 5.26 Å². The van der Waals surface area contributed by atoms with Crippen molar-refractivity contribution in [2.24, 2.45) is 0 Å². The largest absolute Gasteiger partial charge is 0.366 e. The molecular weight excluding hydrogens is 314 g/mol. The summed E-state index contributed by atoms with van der Waals surface area (Å²) >= 11 is 1.69. The Labute approximate surface area is 145 Å². The third-order valence-corrected chi connectivity index (χ3v) is 6.68. The van der Waals surface area contributed by atoms with Gasteiger partial charge in [-0.1, -0.05) is 30.3 Å². The maximum absolute atomic E-state index is 10.3. The molecule has 118 valence electrons. The van der Waals surface area contributed by atoms with E-state index in [1.165, 1.54) is 16.0 Å². The normalized spacial score (nSPS) is 25.3. The van der Waals surface area contributed by atoms with E-state index in [0.717, 1.165) is 36.3 Å². The number of nitriles is 1. The Kier molecular flexibility index (Phi) is 2.95. The molecule has 24 heavy (non-hydrogen) atoms. The lowest BCUT2D eigenvalue weighted by molar-refractivity contribution is 0.409. The number of hydrogen-bond acceptors (Lipinski definition) is 4. The molecule has 0 spiro atoms. The molecule has 4 heteroatoms. The molecule has 1 saturated heterocycles. The average molecular weight is 331 g/mol. The van der Waals surface area contributed by atoms with Gasteiger partial charge in [-0.2, -0.15) is 5.26 Å². The van der Waals surface area contributed by atoms with Crippen molar-refractivity contribution in [1.82, 2.24) is 4.98 Å². The summed E-state index contributed by atoms with van der Waals surface area (Å²) in [4.78, 5) is 7.33. The second kappa shape index (κ2) is 5.06. The van der Waals surface area contributed by atoms with Gasteiger partial charge in [0.2, 0.25) is 0 Å². The van der Waals surface area contributed by atoms with Gasteiger partial charge in [-0.15, -0.1) is 11.3 Å². The average Bonchev–Trinajstić information content (AvgIpc) is 3.28. The molecule has 0 unspecified atom stereocenters. The van der Waals surface area contributed by atoms with Crippen LogP contribution in [-0.4, -0.2) is 17.6 Å². The highest BCUT2D eigenvalue weighted by Crippen LogP contribution is 2.48. The van der Waals surface area contributed by atoms with Crippen molar-refractivity contribution < 1.29 is 0 Å². The number of thiazole rings is 1. The van der Waals surface area contributed by atoms with Crippen molar-refractivity contribution in [2.75, 3.05) is 11.4 Å². The fraction of sp³-hybridized carbons (Fsp3) is 0.300. The first-order valence-corrected chi connectivity index (χ1v) is 9.25. The van der Waals surface area contributed by atoms with Crippen molar-refractivity contribution in [3.63, 3.8) is 0 Å². The van der Waals surface area contributed by atoms with Crippen LogP contribution in [0, 0.1) is 11.3 Å². The second-order valence-corrected chi connectivity index (χ2v) is 7.76. The number of fused-ring (bicyclic) bond motifs is 4. The molecule has 3 aromatic rings. The number of rotatable bonds is 1. The van der Waals surface area contributed by atoms with Gasteiger partial charge in [0.15, 0.2) is 0 Å². The van der Waals surface area contributed by atoms with Crippen molar-refractivity contribution in [3.05, 3.63) is 59.1 Å². The van der Waals surface area contributed by atoms with E-state index in [1.807, 2.05) is 18.2 Å². The van der Waals surface area contributed by atoms with Crippen molar-refractivity contribution >= 4 is 27.2 Å². The lowest BCUT2D eigenvalue weighted by Crippen LogP contribution is -2.51. The Balaban J connectivity index is 1.73. The van der Waals surface area contributed by atoms with Crippen LogP contribution in [-0.2, 0) is 11.8 Å². The van der Waals surface area contributed by atoms with Gasteiger partial charge < -0.3 is 4.90 Å². The fourth-order valence-electron chi connectivity index (χ4n) is 4.37. The van der Waals surface area contributed by atoms with Crippen LogP contribution in [0.4, 0.5) is 5.69 Å². The molecule has 0 saturated carbocycles. The monoisotopic (exact) mass is 331 g/mol. The van der Waals surface area contributed by atoms with Crippen molar-refractivity contribution in [2.45, 2.75) is 30.7 Å². The first-order chi connectivity index (χ1) is 11.8. The molecule has 5 rings (SSSR count). The van der Waals surface area contributed by atoms with E-state index >= 15 is 0 Å². The minimum absolute atomic E-state index is 0.234. The minimum Gasteiger partial charge on any atom is -0.366 e. The van der Waals surface area contributed by atoms with Crippen LogP contribution in [0.25, 0.3) is 10.2 Å². The molecule has 1 aromatic heterocycles. The Hall–Kier alpha value is -2.38. The second-order valence-electron chi connectivity index (χ2n) is 6.73. The van der Waals surface area contributed by atoms with Gasteiger partial charge in [0.1, 0.15) is 10.4 Å². The molecule has 0 aliphatic carbocycles. The summed E-state index contributed by atoms with van der Waals surface area (Å²) in [5.74, 6) is 0. The van der Waals surface area contributed by atoms with E-state index in [2.05, 4.69) is 41.3 Å². The first-order valence-electron chi connectivity index (χ1n) is 8.44. The summed E-state index contributed by atoms with van der Waals surface area (Å²) in [6, 6.07) is 19.7. The summed E-state index contributed by atoms with van der Waals surface area (Å²) in [5.41, 5.74) is 3.06. The Morgan fingerprint density at radius 3 is 2.88 bits per heavy atom. The van der Waals surface area contributed by atoms with Crippen LogP contribution in [0.1, 0.15) is 23.4 Å². The molecule has 0 radical (unpaired) electrons. The smallest absolute Gasteiger partial charge is 0.133 e. The van der Waals surface area contributed by atoms with E-state index in [4.69, 9.17) is 4.98 Å². The zero-order chi connectivity index (χ0) is 16.1. The van der Waals surface area contributed by atoms with Crippen LogP contribution in [0.2, 0.25) is 0 Å². The predicted octanol–water partition coefficient (Wildman–Crippen LogP) is 4.28. The number of benzene rings is 2. The topological polar surface area (TPSA) is 39.9 Å². The van der Waals surface area contributed by atoms with Gasteiger partial charge in [-0.25, -0.2) is 4.98 Å². The lowest BCUT2D eigenvalue weighted by atomic mass is 9.72. The highest BCUT2D eigenvalue weighted by atomic mass is 32.1. The third-order valence-electron chi connectivity index (χ3n) is 5.47. The van der Waals surface area contributed by atoms with Crippen LogP contribution in [0.15, 0.2) is 48.5 Å². The highest BCUT2D eigenvalue weighted by molar-refractivity contribution is 7.18. The highest BCUT2D eigenvalue weighted by Gasteiger charge is 2.51. The van der Waals surface area contributed by atoms with Gasteiger partial charge in [0.25, 0.3) is 0 Å². The van der Waals surface area contributed by atoms with Gasteiger partial charge in [0.05, 0.1) is 22.3 Å². The summed E-state index contributed by atoms with van der Waals surface area (Å²) in [7, 11) is 0. The van der Waals surface area contributed by atoms with E-state index in [1.54, 1.807) is 11.3 Å². The zero-order valence-corrected chi connectivity index (χ0v) is 14.1. The Morgan fingerprint density at radius 2 is 2.00 bits per heavy atom. The number of nitrogens with zero attached hydrogens (tertiary/aromatic N) is 3.